The van der Waals surface area contributed by atoms with Crippen molar-refractivity contribution in [3.63, 3.8) is 0 Å². The molecule has 1 N–H and O–H groups in total. The third kappa shape index (κ3) is 2.47. The lowest BCUT2D eigenvalue weighted by atomic mass is 9.95. The highest BCUT2D eigenvalue weighted by molar-refractivity contribution is 5.77. The van der Waals surface area contributed by atoms with E-state index in [1.54, 1.807) is 13.8 Å². The van der Waals surface area contributed by atoms with Crippen molar-refractivity contribution in [2.45, 2.75) is 27.2 Å². The number of rotatable bonds is 4. The molecule has 80 valence electrons. The zero-order chi connectivity index (χ0) is 10.9. The number of carbonyl (C=O) groups is 2. The monoisotopic (exact) mass is 200 g/mol. The first-order valence-electron chi connectivity index (χ1n) is 4.74. The van der Waals surface area contributed by atoms with E-state index in [1.807, 2.05) is 6.92 Å². The number of hydrogen-bond donors (Lipinski definition) is 1. The lowest BCUT2D eigenvalue weighted by Gasteiger charge is -2.18. The van der Waals surface area contributed by atoms with E-state index in [1.165, 1.54) is 0 Å². The van der Waals surface area contributed by atoms with Crippen molar-refractivity contribution < 1.29 is 19.4 Å². The molecule has 2 atom stereocenters. The van der Waals surface area contributed by atoms with Gasteiger partial charge in [0.25, 0.3) is 0 Å². The molecule has 0 radical (unpaired) electrons. The molecule has 0 heterocycles. The predicted octanol–water partition coefficient (Wildman–Crippen LogP) is 1.30. The van der Waals surface area contributed by atoms with Crippen LogP contribution in [0.3, 0.4) is 0 Å². The van der Waals surface area contributed by atoms with Gasteiger partial charge in [0, 0.05) is 0 Å². The molecular weight excluding hydrogens is 184 g/mol. The van der Waals surface area contributed by atoms with Crippen LogP contribution in [0.4, 0.5) is 0 Å². The maximum absolute atomic E-state index is 11.3. The maximum atomic E-state index is 11.3. The maximum Gasteiger partial charge on any atom is 0.312 e. The van der Waals surface area contributed by atoms with Gasteiger partial charge in [-0.2, -0.15) is 0 Å². The van der Waals surface area contributed by atoms with Crippen LogP contribution in [0, 0.1) is 17.3 Å². The summed E-state index contributed by atoms with van der Waals surface area (Å²) in [4.78, 5) is 22.0. The molecule has 4 heteroatoms. The number of ether oxygens (including phenoxy) is 1. The number of aliphatic carboxylic acids is 1. The van der Waals surface area contributed by atoms with E-state index in [2.05, 4.69) is 0 Å². The molecule has 0 aromatic rings. The van der Waals surface area contributed by atoms with Gasteiger partial charge in [0.1, 0.15) is 6.61 Å². The molecule has 0 bridgehead atoms. The Hall–Kier alpha value is -1.06. The van der Waals surface area contributed by atoms with Crippen molar-refractivity contribution in [1.29, 1.82) is 0 Å². The van der Waals surface area contributed by atoms with Gasteiger partial charge in [-0.25, -0.2) is 0 Å². The van der Waals surface area contributed by atoms with Crippen molar-refractivity contribution in [3.05, 3.63) is 0 Å². The summed E-state index contributed by atoms with van der Waals surface area (Å²) in [5.41, 5.74) is -0.992. The standard InChI is InChI=1S/C10H16O4/c1-6-4-7(6)8(11)14-5-10(2,3)9(12)13/h6-7H,4-5H2,1-3H3,(H,12,13). The van der Waals surface area contributed by atoms with Crippen LogP contribution in [0.1, 0.15) is 27.2 Å². The second kappa shape index (κ2) is 3.59. The first-order chi connectivity index (χ1) is 6.34. The van der Waals surface area contributed by atoms with Crippen molar-refractivity contribution >= 4 is 11.9 Å². The topological polar surface area (TPSA) is 63.6 Å². The Morgan fingerprint density at radius 2 is 2.00 bits per heavy atom. The highest BCUT2D eigenvalue weighted by Crippen LogP contribution is 2.38. The molecule has 1 fully saturated rings. The molecular formula is C10H16O4. The van der Waals surface area contributed by atoms with E-state index in [4.69, 9.17) is 9.84 Å². The molecule has 0 spiro atoms. The Bertz CT molecular complexity index is 257. The summed E-state index contributed by atoms with van der Waals surface area (Å²) in [6.07, 6.45) is 0.867. The Kier molecular flexibility index (Phi) is 2.83. The van der Waals surface area contributed by atoms with E-state index in [0.717, 1.165) is 6.42 Å². The summed E-state index contributed by atoms with van der Waals surface area (Å²) in [7, 11) is 0. The summed E-state index contributed by atoms with van der Waals surface area (Å²) < 4.78 is 4.94. The van der Waals surface area contributed by atoms with Gasteiger partial charge in [-0.3, -0.25) is 9.59 Å². The van der Waals surface area contributed by atoms with Crippen LogP contribution in [0.15, 0.2) is 0 Å². The molecule has 1 saturated carbocycles. The van der Waals surface area contributed by atoms with Gasteiger partial charge < -0.3 is 9.84 Å². The van der Waals surface area contributed by atoms with Crippen molar-refractivity contribution in [2.24, 2.45) is 17.3 Å². The third-order valence-electron chi connectivity index (χ3n) is 2.57. The zero-order valence-electron chi connectivity index (χ0n) is 8.74. The lowest BCUT2D eigenvalue weighted by Crippen LogP contribution is -2.30. The molecule has 1 aliphatic rings. The van der Waals surface area contributed by atoms with Crippen LogP contribution in [-0.2, 0) is 14.3 Å². The second-order valence-electron chi connectivity index (χ2n) is 4.62. The summed E-state index contributed by atoms with van der Waals surface area (Å²) >= 11 is 0. The largest absolute Gasteiger partial charge is 0.481 e. The summed E-state index contributed by atoms with van der Waals surface area (Å²) in [5, 5.41) is 8.77. The Morgan fingerprint density at radius 1 is 1.50 bits per heavy atom. The van der Waals surface area contributed by atoms with Gasteiger partial charge in [-0.15, -0.1) is 0 Å². The Labute approximate surface area is 83.2 Å². The van der Waals surface area contributed by atoms with Gasteiger partial charge in [0.2, 0.25) is 0 Å². The fourth-order valence-electron chi connectivity index (χ4n) is 1.07. The highest BCUT2D eigenvalue weighted by atomic mass is 16.5. The van der Waals surface area contributed by atoms with Crippen molar-refractivity contribution in [2.75, 3.05) is 6.61 Å². The van der Waals surface area contributed by atoms with Gasteiger partial charge in [-0.05, 0) is 26.2 Å². The molecule has 1 aliphatic carbocycles. The van der Waals surface area contributed by atoms with E-state index >= 15 is 0 Å². The first kappa shape index (κ1) is 11.0. The Morgan fingerprint density at radius 3 is 2.36 bits per heavy atom. The molecule has 0 aromatic heterocycles. The number of carbonyl (C=O) groups excluding carboxylic acids is 1. The van der Waals surface area contributed by atoms with Crippen LogP contribution in [-0.4, -0.2) is 23.7 Å². The summed E-state index contributed by atoms with van der Waals surface area (Å²) in [6.45, 7) is 5.01. The molecule has 4 nitrogen and oxygen atoms in total. The normalized spacial score (nSPS) is 25.6. The Balaban J connectivity index is 2.33. The van der Waals surface area contributed by atoms with Crippen LogP contribution < -0.4 is 0 Å². The lowest BCUT2D eigenvalue weighted by molar-refractivity contribution is -0.157. The number of carboxylic acid groups (broad SMARTS) is 1. The first-order valence-corrected chi connectivity index (χ1v) is 4.74. The van der Waals surface area contributed by atoms with Gasteiger partial charge >= 0.3 is 11.9 Å². The average Bonchev–Trinajstić information content (AvgIpc) is 2.78. The van der Waals surface area contributed by atoms with Gasteiger partial charge in [-0.1, -0.05) is 6.92 Å². The van der Waals surface area contributed by atoms with E-state index in [9.17, 15) is 9.59 Å². The average molecular weight is 200 g/mol. The van der Waals surface area contributed by atoms with Crippen LogP contribution in [0.25, 0.3) is 0 Å². The molecule has 0 saturated heterocycles. The minimum atomic E-state index is -0.992. The number of hydrogen-bond acceptors (Lipinski definition) is 3. The molecule has 14 heavy (non-hydrogen) atoms. The van der Waals surface area contributed by atoms with E-state index < -0.39 is 11.4 Å². The minimum absolute atomic E-state index is 0.000375. The summed E-state index contributed by atoms with van der Waals surface area (Å²) in [5.74, 6) is -0.809. The quantitative estimate of drug-likeness (QED) is 0.695. The van der Waals surface area contributed by atoms with E-state index in [-0.39, 0.29) is 18.5 Å². The minimum Gasteiger partial charge on any atom is -0.481 e. The summed E-state index contributed by atoms with van der Waals surface area (Å²) in [6, 6.07) is 0. The van der Waals surface area contributed by atoms with Gasteiger partial charge in [0.05, 0.1) is 11.3 Å². The third-order valence-corrected chi connectivity index (χ3v) is 2.57. The fourth-order valence-corrected chi connectivity index (χ4v) is 1.07. The van der Waals surface area contributed by atoms with Crippen molar-refractivity contribution in [1.82, 2.24) is 0 Å². The van der Waals surface area contributed by atoms with Crippen molar-refractivity contribution in [3.8, 4) is 0 Å². The fraction of sp³-hybridized carbons (Fsp3) is 0.800. The molecule has 0 aliphatic heterocycles. The van der Waals surface area contributed by atoms with Gasteiger partial charge in [0.15, 0.2) is 0 Å². The SMILES string of the molecule is CC1CC1C(=O)OCC(C)(C)C(=O)O. The molecule has 0 aromatic carbocycles. The van der Waals surface area contributed by atoms with Crippen LogP contribution >= 0.6 is 0 Å². The molecule has 1 rings (SSSR count). The highest BCUT2D eigenvalue weighted by Gasteiger charge is 2.41. The number of esters is 1. The van der Waals surface area contributed by atoms with E-state index in [0.29, 0.717) is 5.92 Å². The molecule has 0 amide bonds. The number of carboxylic acids is 1. The zero-order valence-corrected chi connectivity index (χ0v) is 8.74. The van der Waals surface area contributed by atoms with Crippen LogP contribution in [0.5, 0.6) is 0 Å². The van der Waals surface area contributed by atoms with Crippen LogP contribution in [0.2, 0.25) is 0 Å². The second-order valence-corrected chi connectivity index (χ2v) is 4.62. The predicted molar refractivity (Wildman–Crippen MR) is 49.6 cm³/mol. The smallest absolute Gasteiger partial charge is 0.312 e. The molecule has 2 unspecified atom stereocenters.